The van der Waals surface area contributed by atoms with E-state index < -0.39 is 11.6 Å². The van der Waals surface area contributed by atoms with Gasteiger partial charge in [0.15, 0.2) is 0 Å². The Balaban J connectivity index is 1.54. The van der Waals surface area contributed by atoms with Gasteiger partial charge in [0.25, 0.3) is 0 Å². The first-order valence-corrected chi connectivity index (χ1v) is 7.09. The van der Waals surface area contributed by atoms with E-state index in [0.717, 1.165) is 18.2 Å². The number of hydrogen-bond donors (Lipinski definition) is 1. The molecule has 3 rings (SSSR count). The molecule has 0 spiro atoms. The highest BCUT2D eigenvalue weighted by molar-refractivity contribution is 5.26. The van der Waals surface area contributed by atoms with Crippen LogP contribution in [0.1, 0.15) is 24.0 Å². The van der Waals surface area contributed by atoms with Crippen LogP contribution in [0.15, 0.2) is 42.5 Å². The highest BCUT2D eigenvalue weighted by Crippen LogP contribution is 2.20. The summed E-state index contributed by atoms with van der Waals surface area (Å²) < 4.78 is 31.5. The molecule has 2 nitrogen and oxygen atoms in total. The Bertz CT molecular complexity index is 588. The van der Waals surface area contributed by atoms with Gasteiger partial charge in [0.1, 0.15) is 24.0 Å². The Morgan fingerprint density at radius 2 is 1.57 bits per heavy atom. The minimum Gasteiger partial charge on any atom is -0.489 e. The molecular weight excluding hydrogens is 272 g/mol. The van der Waals surface area contributed by atoms with Gasteiger partial charge < -0.3 is 10.1 Å². The molecule has 0 aliphatic heterocycles. The first-order chi connectivity index (χ1) is 10.2. The molecule has 4 heteroatoms. The second-order valence-electron chi connectivity index (χ2n) is 5.37. The van der Waals surface area contributed by atoms with Crippen LogP contribution < -0.4 is 10.1 Å². The van der Waals surface area contributed by atoms with Crippen molar-refractivity contribution in [1.29, 1.82) is 0 Å². The Labute approximate surface area is 122 Å². The van der Waals surface area contributed by atoms with Crippen molar-refractivity contribution in [2.45, 2.75) is 32.0 Å². The second kappa shape index (κ2) is 6.22. The number of nitrogens with one attached hydrogen (secondary N) is 1. The first-order valence-electron chi connectivity index (χ1n) is 7.09. The molecule has 0 bridgehead atoms. The van der Waals surface area contributed by atoms with Crippen molar-refractivity contribution in [3.63, 3.8) is 0 Å². The summed E-state index contributed by atoms with van der Waals surface area (Å²) in [5.41, 5.74) is 2.19. The van der Waals surface area contributed by atoms with E-state index in [4.69, 9.17) is 4.74 Å². The zero-order valence-corrected chi connectivity index (χ0v) is 11.6. The van der Waals surface area contributed by atoms with E-state index in [2.05, 4.69) is 5.32 Å². The highest BCUT2D eigenvalue weighted by Gasteiger charge is 2.19. The Morgan fingerprint density at radius 1 is 0.952 bits per heavy atom. The van der Waals surface area contributed by atoms with Gasteiger partial charge in [0, 0.05) is 30.8 Å². The lowest BCUT2D eigenvalue weighted by molar-refractivity contribution is 0.302. The lowest BCUT2D eigenvalue weighted by atomic mass is 10.1. The minimum atomic E-state index is -0.633. The summed E-state index contributed by atoms with van der Waals surface area (Å²) in [7, 11) is 0. The van der Waals surface area contributed by atoms with Gasteiger partial charge in [-0.05, 0) is 24.0 Å². The van der Waals surface area contributed by atoms with Gasteiger partial charge in [-0.2, -0.15) is 0 Å². The molecule has 2 aromatic carbocycles. The molecule has 110 valence electrons. The van der Waals surface area contributed by atoms with Gasteiger partial charge in [-0.1, -0.05) is 24.3 Å². The van der Waals surface area contributed by atoms with Crippen molar-refractivity contribution in [3.05, 3.63) is 65.2 Å². The number of ether oxygens (including phenoxy) is 1. The molecule has 1 aliphatic rings. The summed E-state index contributed by atoms with van der Waals surface area (Å²) in [6.45, 7) is 1.17. The van der Waals surface area contributed by atoms with Gasteiger partial charge in [-0.25, -0.2) is 8.78 Å². The molecule has 0 amide bonds. The predicted molar refractivity (Wildman–Crippen MR) is 77.0 cm³/mol. The molecule has 1 saturated carbocycles. The van der Waals surface area contributed by atoms with Crippen LogP contribution in [0.4, 0.5) is 8.78 Å². The summed E-state index contributed by atoms with van der Waals surface area (Å²) in [6, 6.07) is 11.9. The summed E-state index contributed by atoms with van der Waals surface area (Å²) in [6.07, 6.45) is 2.55. The smallest absolute Gasteiger partial charge is 0.129 e. The van der Waals surface area contributed by atoms with Crippen LogP contribution in [0.2, 0.25) is 0 Å². The molecule has 0 radical (unpaired) electrons. The van der Waals surface area contributed by atoms with Crippen molar-refractivity contribution < 1.29 is 13.5 Å². The van der Waals surface area contributed by atoms with E-state index in [9.17, 15) is 8.78 Å². The largest absolute Gasteiger partial charge is 0.489 e. The van der Waals surface area contributed by atoms with Crippen LogP contribution in [0.25, 0.3) is 0 Å². The van der Waals surface area contributed by atoms with E-state index in [1.807, 2.05) is 24.3 Å². The van der Waals surface area contributed by atoms with E-state index >= 15 is 0 Å². The second-order valence-corrected chi connectivity index (χ2v) is 5.37. The van der Waals surface area contributed by atoms with Crippen molar-refractivity contribution >= 4 is 0 Å². The molecular formula is C17H17F2NO. The van der Waals surface area contributed by atoms with Gasteiger partial charge in [-0.15, -0.1) is 0 Å². The average Bonchev–Trinajstić information content (AvgIpc) is 3.27. The van der Waals surface area contributed by atoms with E-state index in [1.54, 1.807) is 0 Å². The van der Waals surface area contributed by atoms with Crippen LogP contribution in [0.5, 0.6) is 5.75 Å². The van der Waals surface area contributed by atoms with Gasteiger partial charge >= 0.3 is 0 Å². The van der Waals surface area contributed by atoms with Crippen LogP contribution in [0, 0.1) is 11.6 Å². The lowest BCUT2D eigenvalue weighted by Gasteiger charge is -2.08. The topological polar surface area (TPSA) is 21.3 Å². The molecule has 0 saturated heterocycles. The number of rotatable bonds is 6. The third-order valence-electron chi connectivity index (χ3n) is 3.44. The van der Waals surface area contributed by atoms with Crippen LogP contribution in [-0.4, -0.2) is 6.04 Å². The summed E-state index contributed by atoms with van der Waals surface area (Å²) in [4.78, 5) is 0. The third-order valence-corrected chi connectivity index (χ3v) is 3.44. The first kappa shape index (κ1) is 14.0. The number of hydrogen-bond acceptors (Lipinski definition) is 2. The fourth-order valence-corrected chi connectivity index (χ4v) is 2.08. The van der Waals surface area contributed by atoms with E-state index in [-0.39, 0.29) is 5.75 Å². The van der Waals surface area contributed by atoms with Crippen molar-refractivity contribution in [3.8, 4) is 5.75 Å². The zero-order chi connectivity index (χ0) is 14.7. The standard InChI is InChI=1S/C17H17F2NO/c18-14-7-15(19)9-17(8-14)21-11-13-3-1-12(2-4-13)10-20-16-5-6-16/h1-4,7-9,16,20H,5-6,10-11H2. The molecule has 0 heterocycles. The van der Waals surface area contributed by atoms with Gasteiger partial charge in [0.05, 0.1) is 0 Å². The van der Waals surface area contributed by atoms with E-state index in [1.165, 1.54) is 30.5 Å². The zero-order valence-electron chi connectivity index (χ0n) is 11.6. The maximum atomic E-state index is 13.0. The Morgan fingerprint density at radius 3 is 2.19 bits per heavy atom. The van der Waals surface area contributed by atoms with Crippen molar-refractivity contribution in [1.82, 2.24) is 5.32 Å². The molecule has 0 unspecified atom stereocenters. The third kappa shape index (κ3) is 4.26. The molecule has 1 fully saturated rings. The minimum absolute atomic E-state index is 0.201. The van der Waals surface area contributed by atoms with Crippen LogP contribution in [0.3, 0.4) is 0 Å². The lowest BCUT2D eigenvalue weighted by Crippen LogP contribution is -2.15. The van der Waals surface area contributed by atoms with Crippen LogP contribution >= 0.6 is 0 Å². The summed E-state index contributed by atoms with van der Waals surface area (Å²) in [5, 5.41) is 3.45. The monoisotopic (exact) mass is 289 g/mol. The summed E-state index contributed by atoms with van der Waals surface area (Å²) in [5.74, 6) is -1.06. The molecule has 21 heavy (non-hydrogen) atoms. The van der Waals surface area contributed by atoms with E-state index in [0.29, 0.717) is 12.6 Å². The fourth-order valence-electron chi connectivity index (χ4n) is 2.08. The molecule has 1 aliphatic carbocycles. The molecule has 1 N–H and O–H groups in total. The number of halogens is 2. The fraction of sp³-hybridized carbons (Fsp3) is 0.294. The van der Waals surface area contributed by atoms with Crippen molar-refractivity contribution in [2.75, 3.05) is 0 Å². The van der Waals surface area contributed by atoms with Crippen molar-refractivity contribution in [2.24, 2.45) is 0 Å². The highest BCUT2D eigenvalue weighted by atomic mass is 19.1. The molecule has 0 aromatic heterocycles. The van der Waals surface area contributed by atoms with Crippen LogP contribution in [-0.2, 0) is 13.2 Å². The summed E-state index contributed by atoms with van der Waals surface area (Å²) >= 11 is 0. The normalized spacial score (nSPS) is 14.2. The maximum Gasteiger partial charge on any atom is 0.129 e. The molecule has 0 atom stereocenters. The van der Waals surface area contributed by atoms with Gasteiger partial charge in [0.2, 0.25) is 0 Å². The molecule has 2 aromatic rings. The predicted octanol–water partition coefficient (Wildman–Crippen LogP) is 3.80. The average molecular weight is 289 g/mol. The maximum absolute atomic E-state index is 13.0. The SMILES string of the molecule is Fc1cc(F)cc(OCc2ccc(CNC3CC3)cc2)c1. The Hall–Kier alpha value is -1.94. The van der Waals surface area contributed by atoms with Gasteiger partial charge in [-0.3, -0.25) is 0 Å². The number of benzene rings is 2. The Kier molecular flexibility index (Phi) is 4.15. The quantitative estimate of drug-likeness (QED) is 0.873.